The fraction of sp³-hybridized carbons (Fsp3) is 0.0909. The number of hydrogen-bond donors (Lipinski definition) is 0. The molecule has 0 bridgehead atoms. The first-order valence-corrected chi connectivity index (χ1v) is 25.5. The Kier molecular flexibility index (Phi) is 5.62. The van der Waals surface area contributed by atoms with E-state index in [1.54, 1.807) is 0 Å². The molecule has 9 rings (SSSR count). The van der Waals surface area contributed by atoms with E-state index in [-0.39, 0.29) is 10.9 Å². The Bertz CT molecular complexity index is 2040. The second-order valence-corrected chi connectivity index (χ2v) is 35.5. The maximum atomic E-state index is 2.86. The molecule has 2 unspecified atom stereocenters. The van der Waals surface area contributed by atoms with Crippen molar-refractivity contribution in [2.24, 2.45) is 0 Å². The molecule has 0 fully saturated rings. The molecule has 3 aliphatic rings. The monoisotopic (exact) mass is 654 g/mol. The molecule has 1 heteroatoms. The number of hydrogen-bond acceptors (Lipinski definition) is 0. The Morgan fingerprint density at radius 1 is 0.378 bits per heavy atom. The Balaban J connectivity index is 1.62. The molecule has 0 saturated carbocycles. The van der Waals surface area contributed by atoms with Crippen LogP contribution in [0.25, 0.3) is 23.3 Å². The predicted molar refractivity (Wildman–Crippen MR) is 188 cm³/mol. The summed E-state index contributed by atoms with van der Waals surface area (Å²) in [4.78, 5) is 0. The van der Waals surface area contributed by atoms with Crippen molar-refractivity contribution in [3.8, 4) is 11.1 Å². The van der Waals surface area contributed by atoms with Gasteiger partial charge in [0.05, 0.1) is 0 Å². The normalized spacial score (nSPS) is 19.3. The fourth-order valence-corrected chi connectivity index (χ4v) is 41.5. The molecule has 45 heavy (non-hydrogen) atoms. The number of benzene rings is 6. The van der Waals surface area contributed by atoms with Crippen LogP contribution in [-0.2, 0) is 17.3 Å². The van der Waals surface area contributed by atoms with E-state index < -0.39 is 17.3 Å². The molecule has 0 aromatic heterocycles. The van der Waals surface area contributed by atoms with Gasteiger partial charge in [0.2, 0.25) is 0 Å². The zero-order valence-corrected chi connectivity index (χ0v) is 28.0. The van der Waals surface area contributed by atoms with Crippen molar-refractivity contribution in [1.82, 2.24) is 0 Å². The first-order valence-electron chi connectivity index (χ1n) is 16.3. The molecule has 0 heterocycles. The maximum absolute atomic E-state index is 5.73. The molecule has 216 valence electrons. The number of rotatable bonds is 5. The molecule has 3 aliphatic carbocycles. The average molecular weight is 656 g/mol. The summed E-state index contributed by atoms with van der Waals surface area (Å²) in [6.45, 7) is 0. The van der Waals surface area contributed by atoms with Gasteiger partial charge >= 0.3 is 266 Å². The van der Waals surface area contributed by atoms with Crippen LogP contribution in [0.3, 0.4) is 0 Å². The molecule has 6 aromatic rings. The summed E-state index contributed by atoms with van der Waals surface area (Å²) in [5.74, 6) is 0. The molecule has 0 N–H and O–H groups in total. The van der Waals surface area contributed by atoms with Gasteiger partial charge in [-0.2, -0.15) is 0 Å². The van der Waals surface area contributed by atoms with Crippen LogP contribution in [-0.4, -0.2) is 0 Å². The summed E-state index contributed by atoms with van der Waals surface area (Å²) in [6, 6.07) is 60.7. The third kappa shape index (κ3) is 3.06. The van der Waals surface area contributed by atoms with Gasteiger partial charge in [-0.3, -0.25) is 0 Å². The Morgan fingerprint density at radius 3 is 1.18 bits per heavy atom. The summed E-state index contributed by atoms with van der Waals surface area (Å²) in [6.07, 6.45) is 10.1. The number of allylic oxidation sites excluding steroid dienone is 2. The molecule has 0 radical (unpaired) electrons. The van der Waals surface area contributed by atoms with Crippen molar-refractivity contribution in [2.75, 3.05) is 0 Å². The topological polar surface area (TPSA) is 0 Å². The summed E-state index contributed by atoms with van der Waals surface area (Å²) in [5.41, 5.74) is 11.3. The van der Waals surface area contributed by atoms with Crippen LogP contribution in [0.2, 0.25) is 4.63 Å². The quantitative estimate of drug-likeness (QED) is 0.173. The molecule has 6 aromatic carbocycles. The SMILES string of the molecule is [CH3][Zr]([c]1ccccc1)([c]1ccccc1)([CH]1C=Cc2ccccc21)([CH]1C=Cc2ccccc21)[CH]1c2ccccc2-c2ccccc21. The first-order chi connectivity index (χ1) is 22.1. The van der Waals surface area contributed by atoms with E-state index in [0.717, 1.165) is 0 Å². The van der Waals surface area contributed by atoms with Crippen LogP contribution in [0, 0.1) is 0 Å². The standard InChI is InChI=1S/C13H9.2C9H7.2C6H5.CH3.Zr/c1-3-7-12-10(5-1)9-11-6-2-4-8-13(11)12;2*1-2-5-9-7-3-6-8(9)4-1;2*1-2-4-6-5-3-1;;/h1-9H;2*1-7H;2*1-5H;1H3;. The van der Waals surface area contributed by atoms with E-state index in [1.807, 2.05) is 0 Å². The van der Waals surface area contributed by atoms with Crippen LogP contribution in [0.1, 0.15) is 44.3 Å². The van der Waals surface area contributed by atoms with Crippen LogP contribution < -0.4 is 6.54 Å². The van der Waals surface area contributed by atoms with E-state index in [4.69, 9.17) is 0 Å². The van der Waals surface area contributed by atoms with E-state index >= 15 is 0 Å². The first kappa shape index (κ1) is 27.0. The second kappa shape index (κ2) is 9.35. The fourth-order valence-electron chi connectivity index (χ4n) is 10.9. The van der Waals surface area contributed by atoms with E-state index in [0.29, 0.717) is 0 Å². The second-order valence-electron chi connectivity index (χ2n) is 14.1. The average Bonchev–Trinajstić information content (AvgIpc) is 3.85. The zero-order chi connectivity index (χ0) is 30.1. The summed E-state index contributed by atoms with van der Waals surface area (Å²) in [7, 11) is 0. The molecule has 0 aliphatic heterocycles. The van der Waals surface area contributed by atoms with E-state index in [1.165, 1.54) is 51.1 Å². The van der Waals surface area contributed by atoms with Gasteiger partial charge in [-0.25, -0.2) is 0 Å². The van der Waals surface area contributed by atoms with Crippen LogP contribution >= 0.6 is 0 Å². The Hall–Kier alpha value is -4.32. The van der Waals surface area contributed by atoms with Gasteiger partial charge in [0.15, 0.2) is 0 Å². The van der Waals surface area contributed by atoms with Crippen LogP contribution in [0.4, 0.5) is 0 Å². The van der Waals surface area contributed by atoms with Crippen molar-refractivity contribution in [3.05, 3.63) is 203 Å². The molecule has 2 atom stereocenters. The van der Waals surface area contributed by atoms with Crippen molar-refractivity contribution >= 4 is 18.7 Å². The Labute approximate surface area is 264 Å². The summed E-state index contributed by atoms with van der Waals surface area (Å²) < 4.78 is 6.47. The van der Waals surface area contributed by atoms with Crippen molar-refractivity contribution < 1.29 is 17.3 Å². The minimum atomic E-state index is -5.73. The summed E-state index contributed by atoms with van der Waals surface area (Å²) in [5, 5.41) is 0. The van der Waals surface area contributed by atoms with Gasteiger partial charge in [0.1, 0.15) is 0 Å². The van der Waals surface area contributed by atoms with Gasteiger partial charge < -0.3 is 0 Å². The van der Waals surface area contributed by atoms with Crippen molar-refractivity contribution in [2.45, 2.75) is 15.5 Å². The van der Waals surface area contributed by atoms with Gasteiger partial charge in [0.25, 0.3) is 0 Å². The molecule has 0 spiro atoms. The van der Waals surface area contributed by atoms with Gasteiger partial charge in [0, 0.05) is 0 Å². The molecule has 0 amide bonds. The third-order valence-corrected chi connectivity index (χ3v) is 41.7. The van der Waals surface area contributed by atoms with E-state index in [9.17, 15) is 0 Å². The van der Waals surface area contributed by atoms with E-state index in [2.05, 4.69) is 187 Å². The van der Waals surface area contributed by atoms with Gasteiger partial charge in [-0.05, 0) is 0 Å². The number of fused-ring (bicyclic) bond motifs is 5. The molecule has 0 nitrogen and oxygen atoms in total. The van der Waals surface area contributed by atoms with Crippen molar-refractivity contribution in [3.63, 3.8) is 0 Å². The Morgan fingerprint density at radius 2 is 0.733 bits per heavy atom. The molecular weight excluding hydrogens is 620 g/mol. The van der Waals surface area contributed by atoms with Gasteiger partial charge in [-0.15, -0.1) is 0 Å². The molecule has 0 saturated heterocycles. The van der Waals surface area contributed by atoms with Crippen LogP contribution in [0.15, 0.2) is 170 Å². The van der Waals surface area contributed by atoms with Gasteiger partial charge in [-0.1, -0.05) is 0 Å². The third-order valence-electron chi connectivity index (χ3n) is 12.7. The minimum absolute atomic E-state index is 0.171. The van der Waals surface area contributed by atoms with Crippen molar-refractivity contribution in [1.29, 1.82) is 0 Å². The summed E-state index contributed by atoms with van der Waals surface area (Å²) >= 11 is -5.73. The van der Waals surface area contributed by atoms with Crippen LogP contribution in [0.5, 0.6) is 0 Å². The zero-order valence-electron chi connectivity index (χ0n) is 25.6. The predicted octanol–water partition coefficient (Wildman–Crippen LogP) is 10.2. The molecular formula is C44H36Zr.